The Morgan fingerprint density at radius 1 is 1.14 bits per heavy atom. The van der Waals surface area contributed by atoms with E-state index in [1.54, 1.807) is 7.05 Å². The van der Waals surface area contributed by atoms with Crippen molar-refractivity contribution in [1.82, 2.24) is 10.6 Å². The van der Waals surface area contributed by atoms with Crippen molar-refractivity contribution in [3.63, 3.8) is 0 Å². The summed E-state index contributed by atoms with van der Waals surface area (Å²) in [7, 11) is 1.65. The molecule has 126 valence electrons. The van der Waals surface area contributed by atoms with E-state index in [1.807, 2.05) is 27.7 Å². The number of hydrogen-bond acceptors (Lipinski definition) is 3. The van der Waals surface area contributed by atoms with Crippen molar-refractivity contribution in [2.45, 2.75) is 65.5 Å². The predicted octanol–water partition coefficient (Wildman–Crippen LogP) is 2.70. The van der Waals surface area contributed by atoms with E-state index < -0.39 is 17.2 Å². The van der Waals surface area contributed by atoms with E-state index in [4.69, 9.17) is 4.74 Å². The van der Waals surface area contributed by atoms with Gasteiger partial charge >= 0.3 is 6.09 Å². The van der Waals surface area contributed by atoms with E-state index in [1.165, 1.54) is 0 Å². The number of alkyl carbamates (subject to hydrolysis) is 1. The lowest BCUT2D eigenvalue weighted by Crippen LogP contribution is -2.72. The van der Waals surface area contributed by atoms with Gasteiger partial charge in [-0.15, -0.1) is 0 Å². The van der Waals surface area contributed by atoms with Gasteiger partial charge in [0.25, 0.3) is 0 Å². The highest BCUT2D eigenvalue weighted by Crippen LogP contribution is 2.64. The number of ether oxygens (including phenoxy) is 1. The number of hydrogen-bond donors (Lipinski definition) is 2. The SMILES string of the molecule is CNC(=O)C1CC2CC(C2(C)C)C1(C)NC(=O)OC(C)(C)C. The average Bonchev–Trinajstić information content (AvgIpc) is 2.34. The van der Waals surface area contributed by atoms with Gasteiger partial charge in [0.2, 0.25) is 5.91 Å². The van der Waals surface area contributed by atoms with Crippen LogP contribution in [0.2, 0.25) is 0 Å². The number of carbonyl (C=O) groups excluding carboxylic acids is 2. The molecule has 0 aliphatic heterocycles. The van der Waals surface area contributed by atoms with Gasteiger partial charge in [-0.25, -0.2) is 4.79 Å². The van der Waals surface area contributed by atoms with E-state index in [-0.39, 0.29) is 23.2 Å². The largest absolute Gasteiger partial charge is 0.444 e. The van der Waals surface area contributed by atoms with Gasteiger partial charge in [0.05, 0.1) is 11.5 Å². The van der Waals surface area contributed by atoms with Gasteiger partial charge in [0, 0.05) is 7.05 Å². The number of fused-ring (bicyclic) bond motifs is 2. The zero-order valence-electron chi connectivity index (χ0n) is 14.9. The van der Waals surface area contributed by atoms with Gasteiger partial charge in [-0.1, -0.05) is 13.8 Å². The van der Waals surface area contributed by atoms with E-state index >= 15 is 0 Å². The monoisotopic (exact) mass is 310 g/mol. The Balaban J connectivity index is 2.24. The molecule has 2 amide bonds. The van der Waals surface area contributed by atoms with Crippen LogP contribution in [0.25, 0.3) is 0 Å². The first-order valence-electron chi connectivity index (χ1n) is 8.14. The van der Waals surface area contributed by atoms with Gasteiger partial charge in [0.1, 0.15) is 5.60 Å². The first kappa shape index (κ1) is 17.1. The highest BCUT2D eigenvalue weighted by atomic mass is 16.6. The van der Waals surface area contributed by atoms with Crippen molar-refractivity contribution in [3.05, 3.63) is 0 Å². The fraction of sp³-hybridized carbons (Fsp3) is 0.882. The van der Waals surface area contributed by atoms with Crippen LogP contribution in [0.15, 0.2) is 0 Å². The first-order valence-corrected chi connectivity index (χ1v) is 8.14. The van der Waals surface area contributed by atoms with Crippen molar-refractivity contribution in [2.24, 2.45) is 23.2 Å². The fourth-order valence-electron chi connectivity index (χ4n) is 4.46. The minimum absolute atomic E-state index is 0.00348. The molecule has 3 aliphatic rings. The Labute approximate surface area is 133 Å². The maximum absolute atomic E-state index is 12.3. The zero-order chi connectivity index (χ0) is 16.9. The zero-order valence-corrected chi connectivity index (χ0v) is 14.9. The first-order chi connectivity index (χ1) is 9.91. The molecule has 0 spiro atoms. The van der Waals surface area contributed by atoms with Crippen LogP contribution in [-0.4, -0.2) is 30.2 Å². The molecule has 0 aromatic heterocycles. The van der Waals surface area contributed by atoms with Crippen LogP contribution in [-0.2, 0) is 9.53 Å². The molecule has 0 radical (unpaired) electrons. The van der Waals surface area contributed by atoms with Crippen LogP contribution in [0.5, 0.6) is 0 Å². The summed E-state index contributed by atoms with van der Waals surface area (Å²) in [5.74, 6) is 0.632. The fourth-order valence-corrected chi connectivity index (χ4v) is 4.46. The third-order valence-electron chi connectivity index (χ3n) is 5.77. The average molecular weight is 310 g/mol. The van der Waals surface area contributed by atoms with Gasteiger partial charge < -0.3 is 15.4 Å². The minimum atomic E-state index is -0.569. The van der Waals surface area contributed by atoms with E-state index in [0.717, 1.165) is 12.8 Å². The van der Waals surface area contributed by atoms with Crippen molar-refractivity contribution < 1.29 is 14.3 Å². The molecule has 0 aromatic rings. The van der Waals surface area contributed by atoms with Gasteiger partial charge in [0.15, 0.2) is 0 Å². The van der Waals surface area contributed by atoms with E-state index in [9.17, 15) is 9.59 Å². The van der Waals surface area contributed by atoms with Crippen molar-refractivity contribution >= 4 is 12.0 Å². The lowest BCUT2D eigenvalue weighted by atomic mass is 9.40. The molecule has 22 heavy (non-hydrogen) atoms. The molecule has 0 aromatic carbocycles. The lowest BCUT2D eigenvalue weighted by Gasteiger charge is -2.66. The van der Waals surface area contributed by atoms with Crippen LogP contribution in [0.4, 0.5) is 4.79 Å². The third kappa shape index (κ3) is 2.70. The molecule has 3 fully saturated rings. The van der Waals surface area contributed by atoms with E-state index in [2.05, 4.69) is 24.5 Å². The molecule has 3 rings (SSSR count). The molecule has 3 aliphatic carbocycles. The molecular formula is C17H30N2O3. The second-order valence-electron chi connectivity index (χ2n) is 8.62. The second kappa shape index (κ2) is 5.14. The summed E-state index contributed by atoms with van der Waals surface area (Å²) in [5.41, 5.74) is -0.968. The summed E-state index contributed by atoms with van der Waals surface area (Å²) in [6.45, 7) is 12.0. The Kier molecular flexibility index (Phi) is 3.99. The van der Waals surface area contributed by atoms with Crippen molar-refractivity contribution in [1.29, 1.82) is 0 Å². The number of rotatable bonds is 2. The number of amides is 2. The normalized spacial score (nSPS) is 36.0. The summed E-state index contributed by atoms with van der Waals surface area (Å²) in [5, 5.41) is 5.79. The maximum Gasteiger partial charge on any atom is 0.408 e. The number of nitrogens with one attached hydrogen (secondary N) is 2. The number of carbonyl (C=O) groups is 2. The van der Waals surface area contributed by atoms with Gasteiger partial charge in [-0.2, -0.15) is 0 Å². The standard InChI is InChI=1S/C17H30N2O3/c1-15(2,3)22-14(21)19-17(6)11(13(20)18-7)8-10-9-12(17)16(10,4)5/h10-12H,8-9H2,1-7H3,(H,18,20)(H,19,21). The lowest BCUT2D eigenvalue weighted by molar-refractivity contribution is -0.166. The smallest absolute Gasteiger partial charge is 0.408 e. The summed E-state index contributed by atoms with van der Waals surface area (Å²) < 4.78 is 5.42. The molecule has 0 saturated heterocycles. The molecule has 5 nitrogen and oxygen atoms in total. The topological polar surface area (TPSA) is 67.4 Å². The second-order valence-corrected chi connectivity index (χ2v) is 8.62. The molecule has 0 heterocycles. The molecule has 4 atom stereocenters. The summed E-state index contributed by atoms with van der Waals surface area (Å²) in [6.07, 6.45) is 1.44. The van der Waals surface area contributed by atoms with Crippen LogP contribution in [0.1, 0.15) is 54.4 Å². The van der Waals surface area contributed by atoms with Crippen LogP contribution >= 0.6 is 0 Å². The van der Waals surface area contributed by atoms with Crippen LogP contribution < -0.4 is 10.6 Å². The Morgan fingerprint density at radius 2 is 1.73 bits per heavy atom. The third-order valence-corrected chi connectivity index (χ3v) is 5.77. The molecule has 2 N–H and O–H groups in total. The predicted molar refractivity (Wildman–Crippen MR) is 85.3 cm³/mol. The molecule has 3 saturated carbocycles. The Bertz CT molecular complexity index is 481. The Morgan fingerprint density at radius 3 is 2.18 bits per heavy atom. The summed E-state index contributed by atoms with van der Waals surface area (Å²) >= 11 is 0. The van der Waals surface area contributed by atoms with Gasteiger partial charge in [-0.3, -0.25) is 4.79 Å². The van der Waals surface area contributed by atoms with Crippen molar-refractivity contribution in [3.8, 4) is 0 Å². The minimum Gasteiger partial charge on any atom is -0.444 e. The van der Waals surface area contributed by atoms with E-state index in [0.29, 0.717) is 5.92 Å². The summed E-state index contributed by atoms with van der Waals surface area (Å²) in [4.78, 5) is 24.6. The van der Waals surface area contributed by atoms with Crippen LogP contribution in [0, 0.1) is 23.2 Å². The molecule has 2 bridgehead atoms. The maximum atomic E-state index is 12.3. The summed E-state index contributed by atoms with van der Waals surface area (Å²) in [6, 6.07) is 0. The van der Waals surface area contributed by atoms with Crippen LogP contribution in [0.3, 0.4) is 0 Å². The molecule has 4 unspecified atom stereocenters. The highest BCUT2D eigenvalue weighted by Gasteiger charge is 2.65. The van der Waals surface area contributed by atoms with Gasteiger partial charge in [-0.05, 0) is 57.8 Å². The highest BCUT2D eigenvalue weighted by molar-refractivity contribution is 5.81. The molecular weight excluding hydrogens is 280 g/mol. The van der Waals surface area contributed by atoms with Crippen molar-refractivity contribution in [2.75, 3.05) is 7.05 Å². The quantitative estimate of drug-likeness (QED) is 0.824. The Hall–Kier alpha value is -1.26. The molecule has 5 heteroatoms.